The van der Waals surface area contributed by atoms with E-state index in [1.807, 2.05) is 6.07 Å². The standard InChI is InChI=1S/C11H9BrClFN2O/c12-10-8(5-7(13)6-9(10)14)11(17)16-4-2-1-3-15/h5-6H,1-2,4H2,(H,16,17). The van der Waals surface area contributed by atoms with Gasteiger partial charge in [-0.05, 0) is 34.5 Å². The quantitative estimate of drug-likeness (QED) is 0.684. The number of halogens is 3. The maximum Gasteiger partial charge on any atom is 0.252 e. The van der Waals surface area contributed by atoms with Gasteiger partial charge in [-0.2, -0.15) is 5.26 Å². The van der Waals surface area contributed by atoms with Gasteiger partial charge in [0.2, 0.25) is 0 Å². The van der Waals surface area contributed by atoms with Crippen molar-refractivity contribution in [1.29, 1.82) is 5.26 Å². The Kier molecular flexibility index (Phi) is 5.39. The summed E-state index contributed by atoms with van der Waals surface area (Å²) in [6.07, 6.45) is 0.925. The van der Waals surface area contributed by atoms with Gasteiger partial charge in [-0.3, -0.25) is 4.79 Å². The lowest BCUT2D eigenvalue weighted by Crippen LogP contribution is -2.25. The molecule has 17 heavy (non-hydrogen) atoms. The lowest BCUT2D eigenvalue weighted by atomic mass is 10.2. The second-order valence-electron chi connectivity index (χ2n) is 3.27. The highest BCUT2D eigenvalue weighted by molar-refractivity contribution is 9.10. The smallest absolute Gasteiger partial charge is 0.252 e. The molecule has 0 unspecified atom stereocenters. The highest BCUT2D eigenvalue weighted by Gasteiger charge is 2.14. The number of nitrogens with one attached hydrogen (secondary N) is 1. The predicted molar refractivity (Wildman–Crippen MR) is 66.3 cm³/mol. The van der Waals surface area contributed by atoms with Crippen LogP contribution in [0, 0.1) is 17.1 Å². The third kappa shape index (κ3) is 3.99. The van der Waals surface area contributed by atoms with Crippen molar-refractivity contribution in [2.45, 2.75) is 12.8 Å². The van der Waals surface area contributed by atoms with Gasteiger partial charge >= 0.3 is 0 Å². The zero-order valence-corrected chi connectivity index (χ0v) is 11.1. The second kappa shape index (κ2) is 6.58. The first-order valence-corrected chi connectivity index (χ1v) is 6.03. The highest BCUT2D eigenvalue weighted by Crippen LogP contribution is 2.24. The van der Waals surface area contributed by atoms with Crippen LogP contribution in [0.1, 0.15) is 23.2 Å². The number of rotatable bonds is 4. The Morgan fingerprint density at radius 2 is 2.29 bits per heavy atom. The summed E-state index contributed by atoms with van der Waals surface area (Å²) < 4.78 is 13.4. The third-order valence-electron chi connectivity index (χ3n) is 1.99. The molecule has 0 aliphatic carbocycles. The molecule has 1 N–H and O–H groups in total. The fraction of sp³-hybridized carbons (Fsp3) is 0.273. The zero-order valence-electron chi connectivity index (χ0n) is 8.77. The van der Waals surface area contributed by atoms with Crippen LogP contribution in [0.25, 0.3) is 0 Å². The van der Waals surface area contributed by atoms with E-state index >= 15 is 0 Å². The molecule has 1 rings (SSSR count). The highest BCUT2D eigenvalue weighted by atomic mass is 79.9. The number of carbonyl (C=O) groups is 1. The van der Waals surface area contributed by atoms with E-state index in [1.165, 1.54) is 6.07 Å². The first kappa shape index (κ1) is 13.9. The molecule has 0 fully saturated rings. The number of amides is 1. The van der Waals surface area contributed by atoms with Crippen LogP contribution in [0.15, 0.2) is 16.6 Å². The van der Waals surface area contributed by atoms with Gasteiger partial charge < -0.3 is 5.32 Å². The molecule has 0 heterocycles. The molecular formula is C11H9BrClFN2O. The molecule has 1 aromatic rings. The third-order valence-corrected chi connectivity index (χ3v) is 3.01. The lowest BCUT2D eigenvalue weighted by molar-refractivity contribution is 0.0952. The molecule has 0 spiro atoms. The van der Waals surface area contributed by atoms with Crippen molar-refractivity contribution in [3.63, 3.8) is 0 Å². The molecule has 0 atom stereocenters. The van der Waals surface area contributed by atoms with Crippen molar-refractivity contribution in [2.24, 2.45) is 0 Å². The van der Waals surface area contributed by atoms with E-state index in [4.69, 9.17) is 16.9 Å². The normalized spacial score (nSPS) is 9.76. The van der Waals surface area contributed by atoms with E-state index in [0.717, 1.165) is 6.07 Å². The Morgan fingerprint density at radius 1 is 1.59 bits per heavy atom. The molecule has 90 valence electrons. The topological polar surface area (TPSA) is 52.9 Å². The molecule has 0 aliphatic heterocycles. The number of hydrogen-bond donors (Lipinski definition) is 1. The van der Waals surface area contributed by atoms with Gasteiger partial charge in [0.1, 0.15) is 5.82 Å². The van der Waals surface area contributed by atoms with Crippen LogP contribution >= 0.6 is 27.5 Å². The Morgan fingerprint density at radius 3 is 2.94 bits per heavy atom. The average molecular weight is 320 g/mol. The van der Waals surface area contributed by atoms with Crippen LogP contribution in [-0.2, 0) is 0 Å². The monoisotopic (exact) mass is 318 g/mol. The molecule has 6 heteroatoms. The van der Waals surface area contributed by atoms with Gasteiger partial charge in [0.25, 0.3) is 5.91 Å². The largest absolute Gasteiger partial charge is 0.352 e. The Labute approximate surface area is 112 Å². The van der Waals surface area contributed by atoms with E-state index in [1.54, 1.807) is 0 Å². The van der Waals surface area contributed by atoms with Gasteiger partial charge in [0.15, 0.2) is 0 Å². The van der Waals surface area contributed by atoms with Crippen molar-refractivity contribution in [3.8, 4) is 6.07 Å². The van der Waals surface area contributed by atoms with Crippen molar-refractivity contribution in [2.75, 3.05) is 6.54 Å². The van der Waals surface area contributed by atoms with Crippen LogP contribution in [0.4, 0.5) is 4.39 Å². The van der Waals surface area contributed by atoms with Gasteiger partial charge in [-0.25, -0.2) is 4.39 Å². The van der Waals surface area contributed by atoms with E-state index in [0.29, 0.717) is 19.4 Å². The number of unbranched alkanes of at least 4 members (excludes halogenated alkanes) is 1. The minimum absolute atomic E-state index is 0.0830. The summed E-state index contributed by atoms with van der Waals surface area (Å²) in [6.45, 7) is 0.368. The number of nitrogens with zero attached hydrogens (tertiary/aromatic N) is 1. The van der Waals surface area contributed by atoms with Crippen molar-refractivity contribution < 1.29 is 9.18 Å². The molecule has 0 aromatic heterocycles. The van der Waals surface area contributed by atoms with Crippen LogP contribution in [0.3, 0.4) is 0 Å². The van der Waals surface area contributed by atoms with Crippen LogP contribution in [-0.4, -0.2) is 12.5 Å². The number of nitriles is 1. The number of carbonyl (C=O) groups excluding carboxylic acids is 1. The SMILES string of the molecule is N#CCCCNC(=O)c1cc(Cl)cc(F)c1Br. The van der Waals surface area contributed by atoms with Crippen molar-refractivity contribution >= 4 is 33.4 Å². The first-order valence-electron chi connectivity index (χ1n) is 4.86. The first-order chi connectivity index (χ1) is 8.06. The molecule has 0 saturated heterocycles. The van der Waals surface area contributed by atoms with Crippen LogP contribution < -0.4 is 5.32 Å². The molecular weight excluding hydrogens is 310 g/mol. The molecule has 1 amide bonds. The maximum absolute atomic E-state index is 13.3. The lowest BCUT2D eigenvalue weighted by Gasteiger charge is -2.07. The van der Waals surface area contributed by atoms with Gasteiger partial charge in [-0.15, -0.1) is 0 Å². The fourth-order valence-electron chi connectivity index (χ4n) is 1.19. The summed E-state index contributed by atoms with van der Waals surface area (Å²) in [7, 11) is 0. The van der Waals surface area contributed by atoms with E-state index in [9.17, 15) is 9.18 Å². The molecule has 0 bridgehead atoms. The molecule has 0 aliphatic rings. The summed E-state index contributed by atoms with van der Waals surface area (Å²) in [5, 5.41) is 11.1. The van der Waals surface area contributed by atoms with E-state index in [2.05, 4.69) is 21.2 Å². The van der Waals surface area contributed by atoms with Crippen LogP contribution in [0.2, 0.25) is 5.02 Å². The Hall–Kier alpha value is -1.12. The average Bonchev–Trinajstić information content (AvgIpc) is 2.29. The summed E-state index contributed by atoms with van der Waals surface area (Å²) in [6, 6.07) is 4.48. The number of hydrogen-bond acceptors (Lipinski definition) is 2. The summed E-state index contributed by atoms with van der Waals surface area (Å²) in [5.41, 5.74) is 0.145. The summed E-state index contributed by atoms with van der Waals surface area (Å²) >= 11 is 8.66. The number of benzene rings is 1. The Bertz CT molecular complexity index is 473. The van der Waals surface area contributed by atoms with Gasteiger partial charge in [0.05, 0.1) is 16.1 Å². The molecule has 0 radical (unpaired) electrons. The maximum atomic E-state index is 13.3. The molecule has 1 aromatic carbocycles. The Balaban J connectivity index is 2.73. The van der Waals surface area contributed by atoms with Crippen molar-refractivity contribution in [3.05, 3.63) is 33.0 Å². The second-order valence-corrected chi connectivity index (χ2v) is 4.50. The van der Waals surface area contributed by atoms with Gasteiger partial charge in [0, 0.05) is 18.0 Å². The van der Waals surface area contributed by atoms with E-state index in [-0.39, 0.29) is 15.1 Å². The van der Waals surface area contributed by atoms with E-state index < -0.39 is 11.7 Å². The van der Waals surface area contributed by atoms with Crippen LogP contribution in [0.5, 0.6) is 0 Å². The zero-order chi connectivity index (χ0) is 12.8. The molecule has 0 saturated carbocycles. The summed E-state index contributed by atoms with van der Waals surface area (Å²) in [4.78, 5) is 11.7. The predicted octanol–water partition coefficient (Wildman–Crippen LogP) is 3.28. The minimum atomic E-state index is -0.584. The fourth-order valence-corrected chi connectivity index (χ4v) is 1.80. The van der Waals surface area contributed by atoms with Crippen molar-refractivity contribution in [1.82, 2.24) is 5.32 Å². The van der Waals surface area contributed by atoms with Gasteiger partial charge in [-0.1, -0.05) is 11.6 Å². The molecule has 3 nitrogen and oxygen atoms in total. The minimum Gasteiger partial charge on any atom is -0.352 e. The summed E-state index contributed by atoms with van der Waals surface area (Å²) in [5.74, 6) is -1.00.